The molecule has 0 amide bonds. The monoisotopic (exact) mass is 365 g/mol. The van der Waals surface area contributed by atoms with Crippen LogP contribution < -0.4 is 21.5 Å². The molecule has 12 nitrogen and oxygen atoms in total. The van der Waals surface area contributed by atoms with Gasteiger partial charge in [0, 0.05) is 6.54 Å². The van der Waals surface area contributed by atoms with Crippen molar-refractivity contribution in [1.82, 2.24) is 9.55 Å². The first-order valence-corrected chi connectivity index (χ1v) is 8.83. The lowest BCUT2D eigenvalue weighted by molar-refractivity contribution is 0.0807. The number of nitrogens with zero attached hydrogens (tertiary/aromatic N) is 3. The van der Waals surface area contributed by atoms with Gasteiger partial charge in [-0.25, -0.2) is 0 Å². The molecule has 1 aromatic heterocycles. The van der Waals surface area contributed by atoms with Gasteiger partial charge in [0.25, 0.3) is 5.56 Å². The SMILES string of the molecule is Nc1nc2c(c(=O)n1CC(O)CO)NCN2CCOCP(=O)(O)O. The molecule has 1 aliphatic heterocycles. The smallest absolute Gasteiger partial charge is 0.350 e. The van der Waals surface area contributed by atoms with Crippen molar-refractivity contribution < 1.29 is 29.3 Å². The van der Waals surface area contributed by atoms with Crippen LogP contribution in [0.2, 0.25) is 0 Å². The van der Waals surface area contributed by atoms with Crippen LogP contribution in [-0.2, 0) is 15.8 Å². The molecule has 1 atom stereocenters. The molecule has 0 spiro atoms. The molecule has 0 aromatic carbocycles. The van der Waals surface area contributed by atoms with Gasteiger partial charge in [0.1, 0.15) is 12.0 Å². The van der Waals surface area contributed by atoms with Crippen molar-refractivity contribution in [1.29, 1.82) is 0 Å². The molecule has 0 saturated carbocycles. The highest BCUT2D eigenvalue weighted by Crippen LogP contribution is 2.34. The Balaban J connectivity index is 2.09. The Morgan fingerprint density at radius 1 is 1.46 bits per heavy atom. The van der Waals surface area contributed by atoms with E-state index in [2.05, 4.69) is 10.3 Å². The fourth-order valence-corrected chi connectivity index (χ4v) is 2.55. The van der Waals surface area contributed by atoms with Gasteiger partial charge in [0.15, 0.2) is 5.82 Å². The maximum Gasteiger partial charge on any atom is 0.350 e. The van der Waals surface area contributed by atoms with Crippen LogP contribution in [0, 0.1) is 0 Å². The molecular weight excluding hydrogens is 345 g/mol. The summed E-state index contributed by atoms with van der Waals surface area (Å²) in [5.74, 6) is 0.183. The van der Waals surface area contributed by atoms with Crippen molar-refractivity contribution in [3.63, 3.8) is 0 Å². The molecule has 1 aromatic rings. The highest BCUT2D eigenvalue weighted by atomic mass is 31.2. The number of hydrogen-bond acceptors (Lipinski definition) is 9. The average Bonchev–Trinajstić information content (AvgIpc) is 2.89. The Morgan fingerprint density at radius 3 is 2.79 bits per heavy atom. The molecule has 0 radical (unpaired) electrons. The average molecular weight is 365 g/mol. The van der Waals surface area contributed by atoms with Crippen molar-refractivity contribution in [2.75, 3.05) is 48.7 Å². The second kappa shape index (κ2) is 7.47. The Morgan fingerprint density at radius 2 is 2.17 bits per heavy atom. The van der Waals surface area contributed by atoms with Gasteiger partial charge in [0.05, 0.1) is 32.5 Å². The molecule has 1 aliphatic rings. The molecule has 0 aliphatic carbocycles. The van der Waals surface area contributed by atoms with Crippen LogP contribution in [0.25, 0.3) is 0 Å². The van der Waals surface area contributed by atoms with Gasteiger partial charge >= 0.3 is 7.60 Å². The summed E-state index contributed by atoms with van der Waals surface area (Å²) in [6.45, 7) is -0.175. The Hall–Kier alpha value is -1.69. The molecule has 0 bridgehead atoms. The largest absolute Gasteiger partial charge is 0.394 e. The van der Waals surface area contributed by atoms with Crippen LogP contribution in [0.5, 0.6) is 0 Å². The molecule has 24 heavy (non-hydrogen) atoms. The number of fused-ring (bicyclic) bond motifs is 1. The first-order valence-electron chi connectivity index (χ1n) is 7.03. The zero-order valence-electron chi connectivity index (χ0n) is 12.7. The van der Waals surface area contributed by atoms with Gasteiger partial charge in [-0.2, -0.15) is 4.98 Å². The van der Waals surface area contributed by atoms with Crippen molar-refractivity contribution in [3.8, 4) is 0 Å². The normalized spacial score (nSPS) is 15.2. The summed E-state index contributed by atoms with van der Waals surface area (Å²) in [4.78, 5) is 35.5. The number of ether oxygens (including phenoxy) is 1. The summed E-state index contributed by atoms with van der Waals surface area (Å²) in [5, 5.41) is 21.2. The Bertz CT molecular complexity index is 690. The number of aliphatic hydroxyl groups is 2. The van der Waals surface area contributed by atoms with Gasteiger partial charge in [-0.05, 0) is 0 Å². The highest BCUT2D eigenvalue weighted by Gasteiger charge is 2.26. The van der Waals surface area contributed by atoms with E-state index in [4.69, 9.17) is 25.4 Å². The fourth-order valence-electron chi connectivity index (χ4n) is 2.18. The summed E-state index contributed by atoms with van der Waals surface area (Å²) in [7, 11) is -4.22. The van der Waals surface area contributed by atoms with Crippen molar-refractivity contribution >= 4 is 25.0 Å². The van der Waals surface area contributed by atoms with Crippen LogP contribution in [0.4, 0.5) is 17.5 Å². The topological polar surface area (TPSA) is 183 Å². The lowest BCUT2D eigenvalue weighted by atomic mass is 10.3. The van der Waals surface area contributed by atoms with Gasteiger partial charge in [-0.15, -0.1) is 0 Å². The van der Waals surface area contributed by atoms with E-state index in [-0.39, 0.29) is 38.0 Å². The fraction of sp³-hybridized carbons (Fsp3) is 0.636. The molecule has 7 N–H and O–H groups in total. The van der Waals surface area contributed by atoms with Gasteiger partial charge < -0.3 is 40.7 Å². The Labute approximate surface area is 136 Å². The van der Waals surface area contributed by atoms with Crippen molar-refractivity contribution in [2.45, 2.75) is 12.6 Å². The number of hydrogen-bond donors (Lipinski definition) is 6. The van der Waals surface area contributed by atoms with Crippen LogP contribution in [-0.4, -0.2) is 68.4 Å². The number of nitrogens with two attached hydrogens (primary N) is 1. The summed E-state index contributed by atoms with van der Waals surface area (Å²) < 4.78 is 16.6. The third-order valence-electron chi connectivity index (χ3n) is 3.29. The van der Waals surface area contributed by atoms with E-state index in [1.807, 2.05) is 0 Å². The second-order valence-electron chi connectivity index (χ2n) is 5.22. The lowest BCUT2D eigenvalue weighted by Gasteiger charge is -2.18. The summed E-state index contributed by atoms with van der Waals surface area (Å²) in [6.07, 6.45) is -1.82. The van der Waals surface area contributed by atoms with E-state index in [9.17, 15) is 14.5 Å². The van der Waals surface area contributed by atoms with Crippen molar-refractivity contribution in [2.24, 2.45) is 0 Å². The number of nitrogen functional groups attached to an aromatic ring is 1. The second-order valence-corrected chi connectivity index (χ2v) is 6.81. The zero-order valence-corrected chi connectivity index (χ0v) is 13.6. The third kappa shape index (κ3) is 4.44. The maximum absolute atomic E-state index is 12.4. The number of aliphatic hydroxyl groups excluding tert-OH is 2. The summed E-state index contributed by atoms with van der Waals surface area (Å²) in [5.41, 5.74) is 5.46. The molecule has 0 fully saturated rings. The first-order chi connectivity index (χ1) is 11.2. The number of rotatable bonds is 8. The molecule has 0 saturated heterocycles. The van der Waals surface area contributed by atoms with Crippen LogP contribution >= 0.6 is 7.60 Å². The standard InChI is InChI=1S/C11H20N5O7P/c12-11-14-9-8(10(19)16(11)3-7(18)4-17)13-5-15(9)1-2-23-6-24(20,21)22/h7,13,17-18H,1-6H2,(H2,12,14)(H2,20,21,22). The molecule has 2 heterocycles. The van der Waals surface area contributed by atoms with E-state index >= 15 is 0 Å². The lowest BCUT2D eigenvalue weighted by Crippen LogP contribution is -2.32. The van der Waals surface area contributed by atoms with Gasteiger partial charge in [-0.3, -0.25) is 13.9 Å². The summed E-state index contributed by atoms with van der Waals surface area (Å²) >= 11 is 0. The van der Waals surface area contributed by atoms with E-state index in [0.29, 0.717) is 5.82 Å². The van der Waals surface area contributed by atoms with Gasteiger partial charge in [0.2, 0.25) is 5.95 Å². The van der Waals surface area contributed by atoms with E-state index < -0.39 is 32.2 Å². The van der Waals surface area contributed by atoms with E-state index in [1.54, 1.807) is 4.90 Å². The van der Waals surface area contributed by atoms with Crippen LogP contribution in [0.15, 0.2) is 4.79 Å². The van der Waals surface area contributed by atoms with Crippen LogP contribution in [0.3, 0.4) is 0 Å². The number of aromatic nitrogens is 2. The number of anilines is 3. The predicted octanol–water partition coefficient (Wildman–Crippen LogP) is -2.48. The third-order valence-corrected chi connectivity index (χ3v) is 3.81. The van der Waals surface area contributed by atoms with Crippen molar-refractivity contribution in [3.05, 3.63) is 10.4 Å². The minimum absolute atomic E-state index is 0.0279. The van der Waals surface area contributed by atoms with Gasteiger partial charge in [-0.1, -0.05) is 0 Å². The van der Waals surface area contributed by atoms with E-state index in [1.165, 1.54) is 0 Å². The quantitative estimate of drug-likeness (QED) is 0.212. The van der Waals surface area contributed by atoms with Crippen LogP contribution in [0.1, 0.15) is 0 Å². The number of nitrogens with one attached hydrogen (secondary N) is 1. The predicted molar refractivity (Wildman–Crippen MR) is 84.7 cm³/mol. The Kier molecular flexibility index (Phi) is 5.80. The molecule has 1 unspecified atom stereocenters. The van der Waals surface area contributed by atoms with E-state index in [0.717, 1.165) is 4.57 Å². The molecular formula is C11H20N5O7P. The highest BCUT2D eigenvalue weighted by molar-refractivity contribution is 7.51. The molecule has 13 heteroatoms. The first kappa shape index (κ1) is 18.6. The molecule has 136 valence electrons. The molecule has 2 rings (SSSR count). The minimum atomic E-state index is -4.22. The zero-order chi connectivity index (χ0) is 17.9. The maximum atomic E-state index is 12.4. The minimum Gasteiger partial charge on any atom is -0.394 e. The summed E-state index contributed by atoms with van der Waals surface area (Å²) in [6, 6.07) is 0.